The summed E-state index contributed by atoms with van der Waals surface area (Å²) in [5.41, 5.74) is 5.66. The van der Waals surface area contributed by atoms with E-state index in [2.05, 4.69) is 5.32 Å². The molecule has 1 saturated heterocycles. The molecular weight excluding hydrogens is 406 g/mol. The van der Waals surface area contributed by atoms with Crippen LogP contribution in [0.5, 0.6) is 11.5 Å². The number of hydrogen-bond acceptors (Lipinski definition) is 7. The van der Waals surface area contributed by atoms with Crippen LogP contribution in [0.3, 0.4) is 0 Å². The zero-order valence-electron chi connectivity index (χ0n) is 16.0. The van der Waals surface area contributed by atoms with Crippen molar-refractivity contribution in [2.45, 2.75) is 25.3 Å². The summed E-state index contributed by atoms with van der Waals surface area (Å²) in [7, 11) is 0. The van der Waals surface area contributed by atoms with Gasteiger partial charge in [0.05, 0.1) is 16.7 Å². The molecule has 0 bridgehead atoms. The molecule has 1 unspecified atom stereocenters. The molecule has 0 radical (unpaired) electrons. The third-order valence-electron chi connectivity index (χ3n) is 5.44. The first-order chi connectivity index (χ1) is 14.7. The molecule has 10 nitrogen and oxygen atoms in total. The van der Waals surface area contributed by atoms with Gasteiger partial charge in [0, 0.05) is 18.4 Å². The standard InChI is InChI=1S/C21H17N3O7/c22-18(28)12-5-4-10(16(26)17(12)27)8-9-2-1-3-11-15(9)21(31)24(20(11)30)13-6-7-14(25)23-19(13)29/h1-5,13,26-27H,6-8H2,(H2,22,28)(H,23,25,29). The Hall–Kier alpha value is -4.21. The van der Waals surface area contributed by atoms with E-state index in [-0.39, 0.29) is 41.5 Å². The SMILES string of the molecule is NC(=O)c1ccc(Cc2cccc3c2C(=O)N(C2CCC(=O)NC2=O)C3=O)c(O)c1O. The Balaban J connectivity index is 1.70. The normalized spacial score (nSPS) is 18.2. The van der Waals surface area contributed by atoms with Gasteiger partial charge in [-0.1, -0.05) is 18.2 Å². The highest BCUT2D eigenvalue weighted by molar-refractivity contribution is 6.24. The van der Waals surface area contributed by atoms with Crippen molar-refractivity contribution in [3.8, 4) is 11.5 Å². The molecule has 31 heavy (non-hydrogen) atoms. The van der Waals surface area contributed by atoms with Gasteiger partial charge in [0.15, 0.2) is 11.5 Å². The van der Waals surface area contributed by atoms with Gasteiger partial charge >= 0.3 is 0 Å². The molecule has 4 rings (SSSR count). The third-order valence-corrected chi connectivity index (χ3v) is 5.44. The van der Waals surface area contributed by atoms with Crippen LogP contribution < -0.4 is 11.1 Å². The number of aromatic hydroxyl groups is 2. The number of primary amides is 1. The summed E-state index contributed by atoms with van der Waals surface area (Å²) >= 11 is 0. The van der Waals surface area contributed by atoms with Crippen molar-refractivity contribution in [3.05, 3.63) is 58.1 Å². The lowest BCUT2D eigenvalue weighted by molar-refractivity contribution is -0.136. The highest BCUT2D eigenvalue weighted by Crippen LogP contribution is 2.36. The number of phenols is 2. The highest BCUT2D eigenvalue weighted by Gasteiger charge is 2.45. The van der Waals surface area contributed by atoms with Crippen LogP contribution in [0.15, 0.2) is 30.3 Å². The average molecular weight is 423 g/mol. The highest BCUT2D eigenvalue weighted by atomic mass is 16.3. The number of imide groups is 2. The van der Waals surface area contributed by atoms with Crippen molar-refractivity contribution < 1.29 is 34.2 Å². The lowest BCUT2D eigenvalue weighted by Crippen LogP contribution is -2.54. The van der Waals surface area contributed by atoms with Crippen LogP contribution in [-0.2, 0) is 16.0 Å². The van der Waals surface area contributed by atoms with Crippen LogP contribution in [0, 0.1) is 0 Å². The predicted molar refractivity (Wildman–Crippen MR) is 104 cm³/mol. The van der Waals surface area contributed by atoms with Crippen LogP contribution in [0.1, 0.15) is 55.0 Å². The smallest absolute Gasteiger partial charge is 0.262 e. The minimum Gasteiger partial charge on any atom is -0.504 e. The number of benzene rings is 2. The van der Waals surface area contributed by atoms with E-state index < -0.39 is 47.1 Å². The van der Waals surface area contributed by atoms with Crippen LogP contribution in [0.25, 0.3) is 0 Å². The number of nitrogens with two attached hydrogens (primary N) is 1. The summed E-state index contributed by atoms with van der Waals surface area (Å²) in [5, 5.41) is 22.4. The van der Waals surface area contributed by atoms with Crippen molar-refractivity contribution >= 4 is 29.5 Å². The van der Waals surface area contributed by atoms with E-state index in [1.54, 1.807) is 12.1 Å². The number of nitrogens with one attached hydrogen (secondary N) is 1. The first-order valence-corrected chi connectivity index (χ1v) is 9.37. The van der Waals surface area contributed by atoms with E-state index in [1.165, 1.54) is 18.2 Å². The van der Waals surface area contributed by atoms with E-state index in [0.29, 0.717) is 5.56 Å². The molecule has 1 fully saturated rings. The number of carbonyl (C=O) groups is 5. The second-order valence-electron chi connectivity index (χ2n) is 7.30. The van der Waals surface area contributed by atoms with E-state index in [0.717, 1.165) is 4.90 Å². The van der Waals surface area contributed by atoms with Gasteiger partial charge in [-0.15, -0.1) is 0 Å². The molecular formula is C21H17N3O7. The van der Waals surface area contributed by atoms with Crippen molar-refractivity contribution in [1.29, 1.82) is 0 Å². The number of amides is 5. The van der Waals surface area contributed by atoms with E-state index in [9.17, 15) is 34.2 Å². The second-order valence-corrected chi connectivity index (χ2v) is 7.30. The fourth-order valence-corrected chi connectivity index (χ4v) is 3.90. The summed E-state index contributed by atoms with van der Waals surface area (Å²) < 4.78 is 0. The maximum absolute atomic E-state index is 13.1. The van der Waals surface area contributed by atoms with Crippen molar-refractivity contribution in [2.24, 2.45) is 5.73 Å². The Kier molecular flexibility index (Phi) is 4.69. The molecule has 0 aliphatic carbocycles. The third kappa shape index (κ3) is 3.18. The number of nitrogens with zero attached hydrogens (tertiary/aromatic N) is 1. The fraction of sp³-hybridized carbons (Fsp3) is 0.190. The first kappa shape index (κ1) is 20.1. The summed E-state index contributed by atoms with van der Waals surface area (Å²) in [6.07, 6.45) is 0.00849. The molecule has 1 atom stereocenters. The van der Waals surface area contributed by atoms with Crippen LogP contribution in [-0.4, -0.2) is 50.7 Å². The number of rotatable bonds is 4. The number of phenolic OH excluding ortho intramolecular Hbond substituents is 1. The first-order valence-electron chi connectivity index (χ1n) is 9.37. The molecule has 0 spiro atoms. The van der Waals surface area contributed by atoms with Crippen molar-refractivity contribution in [1.82, 2.24) is 10.2 Å². The molecule has 5 N–H and O–H groups in total. The minimum absolute atomic E-state index is 0.00995. The molecule has 0 saturated carbocycles. The lowest BCUT2D eigenvalue weighted by Gasteiger charge is -2.27. The van der Waals surface area contributed by atoms with Crippen LogP contribution in [0.4, 0.5) is 0 Å². The number of carbonyl (C=O) groups excluding carboxylic acids is 5. The number of hydrogen-bond donors (Lipinski definition) is 4. The second kappa shape index (κ2) is 7.24. The number of piperidine rings is 1. The van der Waals surface area contributed by atoms with E-state index in [1.807, 2.05) is 0 Å². The topological polar surface area (TPSA) is 167 Å². The van der Waals surface area contributed by atoms with Gasteiger partial charge in [0.2, 0.25) is 11.8 Å². The molecule has 0 aromatic heterocycles. The molecule has 2 aliphatic rings. The van der Waals surface area contributed by atoms with E-state index >= 15 is 0 Å². The zero-order chi connectivity index (χ0) is 22.4. The Morgan fingerprint density at radius 3 is 2.45 bits per heavy atom. The van der Waals surface area contributed by atoms with Crippen molar-refractivity contribution in [3.63, 3.8) is 0 Å². The molecule has 2 heterocycles. The Labute approximate surface area is 175 Å². The van der Waals surface area contributed by atoms with Crippen molar-refractivity contribution in [2.75, 3.05) is 0 Å². The monoisotopic (exact) mass is 423 g/mol. The molecule has 10 heteroatoms. The summed E-state index contributed by atoms with van der Waals surface area (Å²) in [5.74, 6) is -4.65. The van der Waals surface area contributed by atoms with Crippen LogP contribution in [0.2, 0.25) is 0 Å². The Bertz CT molecular complexity index is 1190. The van der Waals surface area contributed by atoms with Gasteiger partial charge in [-0.2, -0.15) is 0 Å². The minimum atomic E-state index is -1.09. The van der Waals surface area contributed by atoms with Gasteiger partial charge in [0.25, 0.3) is 17.7 Å². The molecule has 5 amide bonds. The largest absolute Gasteiger partial charge is 0.504 e. The maximum atomic E-state index is 13.1. The predicted octanol–water partition coefficient (Wildman–Crippen LogP) is 0.189. The molecule has 158 valence electrons. The van der Waals surface area contributed by atoms with Gasteiger partial charge in [-0.05, 0) is 24.1 Å². The zero-order valence-corrected chi connectivity index (χ0v) is 16.0. The quantitative estimate of drug-likeness (QED) is 0.402. The maximum Gasteiger partial charge on any atom is 0.262 e. The molecule has 2 aromatic carbocycles. The van der Waals surface area contributed by atoms with Gasteiger partial charge in [0.1, 0.15) is 6.04 Å². The lowest BCUT2D eigenvalue weighted by atomic mass is 9.95. The van der Waals surface area contributed by atoms with Crippen LogP contribution >= 0.6 is 0 Å². The average Bonchev–Trinajstić information content (AvgIpc) is 2.97. The Morgan fingerprint density at radius 1 is 1.03 bits per heavy atom. The summed E-state index contributed by atoms with van der Waals surface area (Å²) in [6, 6.07) is 6.13. The number of fused-ring (bicyclic) bond motifs is 1. The molecule has 2 aromatic rings. The molecule has 2 aliphatic heterocycles. The summed E-state index contributed by atoms with van der Waals surface area (Å²) in [6.45, 7) is 0. The Morgan fingerprint density at radius 2 is 1.77 bits per heavy atom. The fourth-order valence-electron chi connectivity index (χ4n) is 3.90. The van der Waals surface area contributed by atoms with Gasteiger partial charge in [-0.25, -0.2) is 0 Å². The summed E-state index contributed by atoms with van der Waals surface area (Å²) in [4.78, 5) is 61.8. The van der Waals surface area contributed by atoms with E-state index in [4.69, 9.17) is 5.73 Å². The van der Waals surface area contributed by atoms with Gasteiger partial charge in [-0.3, -0.25) is 34.2 Å². The van der Waals surface area contributed by atoms with Gasteiger partial charge < -0.3 is 15.9 Å².